The molecule has 0 aliphatic carbocycles. The number of allylic oxidation sites excluding steroid dienone is 1. The number of alkyl halides is 1. The molecule has 0 aromatic carbocycles. The minimum absolute atomic E-state index is 0.278. The first-order valence-corrected chi connectivity index (χ1v) is 3.12. The molecule has 0 radical (unpaired) electrons. The van der Waals surface area contributed by atoms with Gasteiger partial charge in [0.1, 0.15) is 6.67 Å². The van der Waals surface area contributed by atoms with Crippen LogP contribution < -0.4 is 0 Å². The van der Waals surface area contributed by atoms with Gasteiger partial charge in [-0.3, -0.25) is 4.99 Å². The van der Waals surface area contributed by atoms with Crippen molar-refractivity contribution in [1.82, 2.24) is 0 Å². The lowest BCUT2D eigenvalue weighted by atomic mass is 10.1. The first-order valence-electron chi connectivity index (χ1n) is 3.12. The van der Waals surface area contributed by atoms with Crippen LogP contribution in [0.2, 0.25) is 0 Å². The Bertz CT molecular complexity index is 149. The standard InChI is InChI=1S/C7H10FN/c1-6-3-2-4-7(5-8)9-6/h2,4,6H,3,5H2,1H3/t6-/m0/s1. The molecule has 1 nitrogen and oxygen atoms in total. The van der Waals surface area contributed by atoms with Gasteiger partial charge in [-0.15, -0.1) is 0 Å². The van der Waals surface area contributed by atoms with Crippen molar-refractivity contribution in [2.45, 2.75) is 19.4 Å². The van der Waals surface area contributed by atoms with Crippen molar-refractivity contribution < 1.29 is 4.39 Å². The first-order chi connectivity index (χ1) is 4.33. The number of halogens is 1. The van der Waals surface area contributed by atoms with E-state index in [9.17, 15) is 4.39 Å². The Labute approximate surface area is 54.3 Å². The average Bonchev–Trinajstić information content (AvgIpc) is 1.88. The van der Waals surface area contributed by atoms with Crippen LogP contribution in [0.5, 0.6) is 0 Å². The summed E-state index contributed by atoms with van der Waals surface area (Å²) in [6.45, 7) is 1.56. The Kier molecular flexibility index (Phi) is 1.98. The molecule has 0 saturated heterocycles. The van der Waals surface area contributed by atoms with E-state index in [1.807, 2.05) is 13.0 Å². The summed E-state index contributed by atoms with van der Waals surface area (Å²) in [5, 5.41) is 0. The number of aliphatic imine (C=N–C) groups is 1. The molecule has 0 N–H and O–H groups in total. The molecule has 1 rings (SSSR count). The van der Waals surface area contributed by atoms with E-state index in [1.165, 1.54) is 0 Å². The quantitative estimate of drug-likeness (QED) is 0.508. The van der Waals surface area contributed by atoms with Crippen LogP contribution in [0, 0.1) is 0 Å². The highest BCUT2D eigenvalue weighted by Crippen LogP contribution is 2.05. The topological polar surface area (TPSA) is 12.4 Å². The van der Waals surface area contributed by atoms with E-state index in [4.69, 9.17) is 0 Å². The van der Waals surface area contributed by atoms with Gasteiger partial charge in [0.2, 0.25) is 0 Å². The van der Waals surface area contributed by atoms with Crippen LogP contribution in [0.15, 0.2) is 17.1 Å². The maximum Gasteiger partial charge on any atom is 0.131 e. The summed E-state index contributed by atoms with van der Waals surface area (Å²) in [5.41, 5.74) is 0.578. The van der Waals surface area contributed by atoms with Gasteiger partial charge >= 0.3 is 0 Å². The lowest BCUT2D eigenvalue weighted by Crippen LogP contribution is -2.08. The van der Waals surface area contributed by atoms with Gasteiger partial charge in [0.15, 0.2) is 0 Å². The van der Waals surface area contributed by atoms with E-state index >= 15 is 0 Å². The molecule has 2 heteroatoms. The molecular weight excluding hydrogens is 117 g/mol. The highest BCUT2D eigenvalue weighted by molar-refractivity contribution is 5.96. The lowest BCUT2D eigenvalue weighted by molar-refractivity contribution is 0.576. The van der Waals surface area contributed by atoms with Crippen molar-refractivity contribution >= 4 is 5.71 Å². The lowest BCUT2D eigenvalue weighted by Gasteiger charge is -2.08. The Balaban J connectivity index is 2.59. The summed E-state index contributed by atoms with van der Waals surface area (Å²) in [7, 11) is 0. The van der Waals surface area contributed by atoms with Crippen molar-refractivity contribution in [3.63, 3.8) is 0 Å². The zero-order valence-corrected chi connectivity index (χ0v) is 5.47. The Hall–Kier alpha value is -0.660. The van der Waals surface area contributed by atoms with Crippen LogP contribution in [0.3, 0.4) is 0 Å². The molecule has 0 spiro atoms. The normalized spacial score (nSPS) is 26.0. The average molecular weight is 127 g/mol. The van der Waals surface area contributed by atoms with E-state index in [0.717, 1.165) is 6.42 Å². The largest absolute Gasteiger partial charge is 0.284 e. The van der Waals surface area contributed by atoms with Crippen LogP contribution in [0.25, 0.3) is 0 Å². The van der Waals surface area contributed by atoms with Crippen molar-refractivity contribution in [3.8, 4) is 0 Å². The Morgan fingerprint density at radius 1 is 1.89 bits per heavy atom. The van der Waals surface area contributed by atoms with Crippen molar-refractivity contribution in [2.75, 3.05) is 6.67 Å². The Morgan fingerprint density at radius 3 is 3.11 bits per heavy atom. The summed E-state index contributed by atoms with van der Waals surface area (Å²) in [6, 6.07) is 0.278. The van der Waals surface area contributed by atoms with Crippen LogP contribution in [0.4, 0.5) is 4.39 Å². The Morgan fingerprint density at radius 2 is 2.67 bits per heavy atom. The fourth-order valence-electron chi connectivity index (χ4n) is 0.859. The molecule has 50 valence electrons. The second kappa shape index (κ2) is 2.76. The van der Waals surface area contributed by atoms with Crippen LogP contribution in [-0.4, -0.2) is 18.4 Å². The first kappa shape index (κ1) is 6.46. The van der Waals surface area contributed by atoms with Gasteiger partial charge in [-0.25, -0.2) is 4.39 Å². The van der Waals surface area contributed by atoms with Gasteiger partial charge in [0, 0.05) is 0 Å². The molecule has 1 heterocycles. The second-order valence-corrected chi connectivity index (χ2v) is 2.24. The van der Waals surface area contributed by atoms with Gasteiger partial charge in [-0.2, -0.15) is 0 Å². The molecule has 0 saturated carbocycles. The third-order valence-electron chi connectivity index (χ3n) is 1.31. The number of rotatable bonds is 1. The molecule has 0 unspecified atom stereocenters. The van der Waals surface area contributed by atoms with Gasteiger partial charge in [-0.05, 0) is 19.4 Å². The fraction of sp³-hybridized carbons (Fsp3) is 0.571. The summed E-state index contributed by atoms with van der Waals surface area (Å²) >= 11 is 0. The highest BCUT2D eigenvalue weighted by atomic mass is 19.1. The SMILES string of the molecule is C[C@H]1CC=CC(CF)=N1. The van der Waals surface area contributed by atoms with Crippen molar-refractivity contribution in [2.24, 2.45) is 4.99 Å². The van der Waals surface area contributed by atoms with E-state index in [0.29, 0.717) is 5.71 Å². The highest BCUT2D eigenvalue weighted by Gasteiger charge is 2.03. The minimum atomic E-state index is -0.430. The molecule has 1 aliphatic heterocycles. The molecule has 0 bridgehead atoms. The molecular formula is C7H10FN. The van der Waals surface area contributed by atoms with Gasteiger partial charge < -0.3 is 0 Å². The van der Waals surface area contributed by atoms with E-state index < -0.39 is 6.67 Å². The van der Waals surface area contributed by atoms with E-state index in [1.54, 1.807) is 6.08 Å². The predicted octanol–water partition coefficient (Wildman–Crippen LogP) is 1.75. The smallest absolute Gasteiger partial charge is 0.131 e. The number of dihydropyridines is 1. The second-order valence-electron chi connectivity index (χ2n) is 2.24. The number of hydrogen-bond donors (Lipinski definition) is 0. The summed E-state index contributed by atoms with van der Waals surface area (Å²) in [6.07, 6.45) is 4.66. The van der Waals surface area contributed by atoms with E-state index in [-0.39, 0.29) is 6.04 Å². The van der Waals surface area contributed by atoms with Crippen LogP contribution in [0.1, 0.15) is 13.3 Å². The summed E-state index contributed by atoms with van der Waals surface area (Å²) in [5.74, 6) is 0. The summed E-state index contributed by atoms with van der Waals surface area (Å²) in [4.78, 5) is 4.06. The van der Waals surface area contributed by atoms with Gasteiger partial charge in [-0.1, -0.05) is 6.08 Å². The van der Waals surface area contributed by atoms with Crippen LogP contribution >= 0.6 is 0 Å². The number of nitrogens with zero attached hydrogens (tertiary/aromatic N) is 1. The van der Waals surface area contributed by atoms with E-state index in [2.05, 4.69) is 4.99 Å². The van der Waals surface area contributed by atoms with Crippen LogP contribution in [-0.2, 0) is 0 Å². The minimum Gasteiger partial charge on any atom is -0.284 e. The van der Waals surface area contributed by atoms with Gasteiger partial charge in [0.25, 0.3) is 0 Å². The zero-order chi connectivity index (χ0) is 6.69. The molecule has 0 aromatic rings. The number of hydrogen-bond acceptors (Lipinski definition) is 1. The van der Waals surface area contributed by atoms with Crippen molar-refractivity contribution in [1.29, 1.82) is 0 Å². The zero-order valence-electron chi connectivity index (χ0n) is 5.47. The molecule has 0 fully saturated rings. The fourth-order valence-corrected chi connectivity index (χ4v) is 0.859. The molecule has 1 aliphatic rings. The monoisotopic (exact) mass is 127 g/mol. The van der Waals surface area contributed by atoms with Crippen molar-refractivity contribution in [3.05, 3.63) is 12.2 Å². The molecule has 9 heavy (non-hydrogen) atoms. The molecule has 1 atom stereocenters. The third kappa shape index (κ3) is 1.63. The summed E-state index contributed by atoms with van der Waals surface area (Å²) < 4.78 is 11.9. The van der Waals surface area contributed by atoms with Gasteiger partial charge in [0.05, 0.1) is 11.8 Å². The molecule has 0 amide bonds. The maximum atomic E-state index is 11.9. The molecule has 0 aromatic heterocycles. The maximum absolute atomic E-state index is 11.9. The predicted molar refractivity (Wildman–Crippen MR) is 36.6 cm³/mol. The third-order valence-corrected chi connectivity index (χ3v) is 1.31.